The van der Waals surface area contributed by atoms with E-state index in [4.69, 9.17) is 0 Å². The van der Waals surface area contributed by atoms with Crippen LogP contribution in [0.3, 0.4) is 0 Å². The number of aldehydes is 1. The largest absolute Gasteiger partial charge is 0.367 e. The monoisotopic (exact) mass is 244 g/mol. The minimum absolute atomic E-state index is 0.0273. The van der Waals surface area contributed by atoms with Crippen LogP contribution in [0, 0.1) is 0 Å². The summed E-state index contributed by atoms with van der Waals surface area (Å²) in [5, 5.41) is 0. The first-order chi connectivity index (χ1) is 8.79. The van der Waals surface area contributed by atoms with Crippen LogP contribution in [0.4, 0.5) is 0 Å². The predicted octanol–water partition coefficient (Wildman–Crippen LogP) is 0.680. The third kappa shape index (κ3) is 1.62. The SMILES string of the molecule is O=Cc1ncn2c1CN(C(=O)c1cc[nH]c1)CC2. The van der Waals surface area contributed by atoms with Gasteiger partial charge < -0.3 is 14.5 Å². The zero-order valence-corrected chi connectivity index (χ0v) is 9.67. The zero-order valence-electron chi connectivity index (χ0n) is 9.67. The van der Waals surface area contributed by atoms with Gasteiger partial charge in [-0.1, -0.05) is 0 Å². The van der Waals surface area contributed by atoms with Crippen molar-refractivity contribution in [1.82, 2.24) is 19.4 Å². The maximum atomic E-state index is 12.2. The molecule has 0 aromatic carbocycles. The molecule has 0 radical (unpaired) electrons. The van der Waals surface area contributed by atoms with Gasteiger partial charge in [0.05, 0.1) is 24.1 Å². The van der Waals surface area contributed by atoms with Crippen LogP contribution in [0.2, 0.25) is 0 Å². The predicted molar refractivity (Wildman–Crippen MR) is 63.1 cm³/mol. The molecule has 0 aliphatic carbocycles. The number of H-pyrrole nitrogens is 1. The van der Waals surface area contributed by atoms with Crippen LogP contribution < -0.4 is 0 Å². The summed E-state index contributed by atoms with van der Waals surface area (Å²) >= 11 is 0. The van der Waals surface area contributed by atoms with E-state index in [1.165, 1.54) is 0 Å². The number of carbonyl (C=O) groups excluding carboxylic acids is 2. The van der Waals surface area contributed by atoms with Crippen molar-refractivity contribution in [2.45, 2.75) is 13.1 Å². The smallest absolute Gasteiger partial charge is 0.255 e. The second-order valence-electron chi connectivity index (χ2n) is 4.21. The number of hydrogen-bond donors (Lipinski definition) is 1. The average molecular weight is 244 g/mol. The Morgan fingerprint density at radius 2 is 2.33 bits per heavy atom. The summed E-state index contributed by atoms with van der Waals surface area (Å²) < 4.78 is 1.92. The van der Waals surface area contributed by atoms with Crippen LogP contribution in [0.15, 0.2) is 24.8 Å². The molecule has 1 N–H and O–H groups in total. The fourth-order valence-electron chi connectivity index (χ4n) is 2.19. The molecule has 0 bridgehead atoms. The van der Waals surface area contributed by atoms with E-state index in [2.05, 4.69) is 9.97 Å². The second-order valence-corrected chi connectivity index (χ2v) is 4.21. The van der Waals surface area contributed by atoms with E-state index < -0.39 is 0 Å². The Bertz CT molecular complexity index is 585. The Labute approximate surface area is 103 Å². The summed E-state index contributed by atoms with van der Waals surface area (Å²) in [5.41, 5.74) is 1.86. The van der Waals surface area contributed by atoms with Gasteiger partial charge in [0.1, 0.15) is 5.69 Å². The molecule has 1 aliphatic rings. The quantitative estimate of drug-likeness (QED) is 0.790. The van der Waals surface area contributed by atoms with E-state index in [9.17, 15) is 9.59 Å². The Morgan fingerprint density at radius 3 is 3.06 bits per heavy atom. The second kappa shape index (κ2) is 4.14. The molecule has 92 valence electrons. The summed E-state index contributed by atoms with van der Waals surface area (Å²) in [6, 6.07) is 1.74. The lowest BCUT2D eigenvalue weighted by atomic mass is 10.2. The number of nitrogens with one attached hydrogen (secondary N) is 1. The molecular weight excluding hydrogens is 232 g/mol. The van der Waals surface area contributed by atoms with Crippen molar-refractivity contribution in [2.24, 2.45) is 0 Å². The normalized spacial score (nSPS) is 14.3. The number of nitrogens with zero attached hydrogens (tertiary/aromatic N) is 3. The Hall–Kier alpha value is -2.37. The zero-order chi connectivity index (χ0) is 12.5. The molecule has 0 saturated carbocycles. The fraction of sp³-hybridized carbons (Fsp3) is 0.250. The highest BCUT2D eigenvalue weighted by Gasteiger charge is 2.24. The van der Waals surface area contributed by atoms with Gasteiger partial charge in [0.25, 0.3) is 5.91 Å². The first-order valence-corrected chi connectivity index (χ1v) is 5.71. The molecule has 0 atom stereocenters. The van der Waals surface area contributed by atoms with E-state index in [1.807, 2.05) is 4.57 Å². The summed E-state index contributed by atoms with van der Waals surface area (Å²) in [7, 11) is 0. The van der Waals surface area contributed by atoms with E-state index in [-0.39, 0.29) is 5.91 Å². The van der Waals surface area contributed by atoms with E-state index >= 15 is 0 Å². The number of fused-ring (bicyclic) bond motifs is 1. The summed E-state index contributed by atoms with van der Waals surface area (Å²) in [4.78, 5) is 31.7. The number of rotatable bonds is 2. The summed E-state index contributed by atoms with van der Waals surface area (Å²) in [6.45, 7) is 1.73. The summed E-state index contributed by atoms with van der Waals surface area (Å²) in [6.07, 6.45) is 5.78. The molecule has 2 aromatic rings. The number of hydrogen-bond acceptors (Lipinski definition) is 3. The lowest BCUT2D eigenvalue weighted by Crippen LogP contribution is -2.38. The third-order valence-electron chi connectivity index (χ3n) is 3.17. The topological polar surface area (TPSA) is 71.0 Å². The maximum Gasteiger partial charge on any atom is 0.255 e. The van der Waals surface area contributed by atoms with E-state index in [1.54, 1.807) is 29.7 Å². The Balaban J connectivity index is 1.86. The van der Waals surface area contributed by atoms with Crippen molar-refractivity contribution in [3.8, 4) is 0 Å². The molecule has 6 heteroatoms. The fourth-order valence-corrected chi connectivity index (χ4v) is 2.19. The number of aromatic nitrogens is 3. The highest BCUT2D eigenvalue weighted by atomic mass is 16.2. The third-order valence-corrected chi connectivity index (χ3v) is 3.17. The molecule has 0 spiro atoms. The molecule has 18 heavy (non-hydrogen) atoms. The average Bonchev–Trinajstić information content (AvgIpc) is 3.06. The van der Waals surface area contributed by atoms with Crippen LogP contribution in [0.5, 0.6) is 0 Å². The summed E-state index contributed by atoms with van der Waals surface area (Å²) in [5.74, 6) is -0.0273. The van der Waals surface area contributed by atoms with Gasteiger partial charge >= 0.3 is 0 Å². The Kier molecular flexibility index (Phi) is 2.47. The standard InChI is InChI=1S/C12H12N4O2/c17-7-10-11-6-15(3-4-16(11)8-14-10)12(18)9-1-2-13-5-9/h1-2,5,7-8,13H,3-4,6H2. The van der Waals surface area contributed by atoms with Crippen molar-refractivity contribution >= 4 is 12.2 Å². The van der Waals surface area contributed by atoms with Crippen LogP contribution >= 0.6 is 0 Å². The number of imidazole rings is 1. The lowest BCUT2D eigenvalue weighted by Gasteiger charge is -2.28. The lowest BCUT2D eigenvalue weighted by molar-refractivity contribution is 0.0709. The molecule has 2 aromatic heterocycles. The van der Waals surface area contributed by atoms with E-state index in [0.717, 1.165) is 12.0 Å². The van der Waals surface area contributed by atoms with Crippen LogP contribution in [-0.2, 0) is 13.1 Å². The van der Waals surface area contributed by atoms with Gasteiger partial charge in [-0.2, -0.15) is 0 Å². The molecule has 0 fully saturated rings. The Morgan fingerprint density at radius 1 is 1.44 bits per heavy atom. The van der Waals surface area contributed by atoms with Gasteiger partial charge in [-0.25, -0.2) is 4.98 Å². The number of aromatic amines is 1. The van der Waals surface area contributed by atoms with Gasteiger partial charge in [0.15, 0.2) is 6.29 Å². The van der Waals surface area contributed by atoms with Gasteiger partial charge in [-0.05, 0) is 6.07 Å². The van der Waals surface area contributed by atoms with Gasteiger partial charge in [-0.3, -0.25) is 9.59 Å². The molecule has 6 nitrogen and oxygen atoms in total. The van der Waals surface area contributed by atoms with Crippen molar-refractivity contribution in [3.05, 3.63) is 41.7 Å². The number of carbonyl (C=O) groups is 2. The van der Waals surface area contributed by atoms with E-state index in [0.29, 0.717) is 30.9 Å². The number of amides is 1. The first kappa shape index (κ1) is 10.8. The van der Waals surface area contributed by atoms with Crippen molar-refractivity contribution in [2.75, 3.05) is 6.54 Å². The molecule has 1 amide bonds. The van der Waals surface area contributed by atoms with Crippen molar-refractivity contribution in [3.63, 3.8) is 0 Å². The molecular formula is C12H12N4O2. The molecule has 3 heterocycles. The van der Waals surface area contributed by atoms with Crippen LogP contribution in [-0.4, -0.2) is 38.2 Å². The molecule has 0 unspecified atom stereocenters. The molecule has 3 rings (SSSR count). The van der Waals surface area contributed by atoms with Crippen LogP contribution in [0.1, 0.15) is 26.5 Å². The first-order valence-electron chi connectivity index (χ1n) is 5.71. The minimum atomic E-state index is -0.0273. The van der Waals surface area contributed by atoms with Crippen molar-refractivity contribution < 1.29 is 9.59 Å². The highest BCUT2D eigenvalue weighted by Crippen LogP contribution is 2.17. The minimum Gasteiger partial charge on any atom is -0.367 e. The molecule has 1 aliphatic heterocycles. The van der Waals surface area contributed by atoms with Crippen molar-refractivity contribution in [1.29, 1.82) is 0 Å². The van der Waals surface area contributed by atoms with Gasteiger partial charge in [0.2, 0.25) is 0 Å². The van der Waals surface area contributed by atoms with Crippen LogP contribution in [0.25, 0.3) is 0 Å². The van der Waals surface area contributed by atoms with Gasteiger partial charge in [0, 0.05) is 25.5 Å². The maximum absolute atomic E-state index is 12.2. The molecule has 0 saturated heterocycles. The highest BCUT2D eigenvalue weighted by molar-refractivity contribution is 5.94. The van der Waals surface area contributed by atoms with Gasteiger partial charge in [-0.15, -0.1) is 0 Å².